The summed E-state index contributed by atoms with van der Waals surface area (Å²) in [5, 5.41) is 0. The molecule has 0 saturated carbocycles. The lowest BCUT2D eigenvalue weighted by Crippen LogP contribution is -2.35. The first kappa shape index (κ1) is 11.3. The van der Waals surface area contributed by atoms with Crippen molar-refractivity contribution in [2.75, 3.05) is 0 Å². The number of aryl methyl sites for hydroxylation is 1. The zero-order chi connectivity index (χ0) is 11.6. The van der Waals surface area contributed by atoms with Crippen molar-refractivity contribution in [2.24, 2.45) is 5.73 Å². The first-order chi connectivity index (χ1) is 7.57. The predicted octanol–water partition coefficient (Wildman–Crippen LogP) is 3.06. The molecular formula is C14H20N2. The average Bonchev–Trinajstić information content (AvgIpc) is 2.39. The Labute approximate surface area is 97.6 Å². The van der Waals surface area contributed by atoms with Gasteiger partial charge < -0.3 is 5.73 Å². The minimum Gasteiger partial charge on any atom is -0.325 e. The van der Waals surface area contributed by atoms with Crippen LogP contribution in [0.5, 0.6) is 0 Å². The van der Waals surface area contributed by atoms with Gasteiger partial charge in [0.05, 0.1) is 5.69 Å². The van der Waals surface area contributed by atoms with Crippen molar-refractivity contribution in [1.29, 1.82) is 0 Å². The summed E-state index contributed by atoms with van der Waals surface area (Å²) in [6.07, 6.45) is 8.43. The van der Waals surface area contributed by atoms with Gasteiger partial charge in [-0.15, -0.1) is 0 Å². The van der Waals surface area contributed by atoms with Crippen LogP contribution in [0.25, 0.3) is 5.57 Å². The van der Waals surface area contributed by atoms with E-state index in [9.17, 15) is 0 Å². The van der Waals surface area contributed by atoms with Crippen LogP contribution >= 0.6 is 0 Å². The summed E-state index contributed by atoms with van der Waals surface area (Å²) in [6, 6.07) is 4.19. The molecule has 0 bridgehead atoms. The molecule has 2 rings (SSSR count). The predicted molar refractivity (Wildman–Crippen MR) is 68.0 cm³/mol. The lowest BCUT2D eigenvalue weighted by atomic mass is 9.93. The topological polar surface area (TPSA) is 38.9 Å². The Bertz CT molecular complexity index is 405. The highest BCUT2D eigenvalue weighted by molar-refractivity contribution is 5.63. The lowest BCUT2D eigenvalue weighted by molar-refractivity contribution is 0.416. The van der Waals surface area contributed by atoms with Crippen molar-refractivity contribution < 1.29 is 0 Å². The zero-order valence-electron chi connectivity index (χ0n) is 10.2. The molecule has 0 saturated heterocycles. The molecule has 1 aliphatic rings. The van der Waals surface area contributed by atoms with E-state index in [2.05, 4.69) is 31.0 Å². The Kier molecular flexibility index (Phi) is 3.10. The van der Waals surface area contributed by atoms with Crippen LogP contribution in [0.3, 0.4) is 0 Å². The largest absolute Gasteiger partial charge is 0.325 e. The van der Waals surface area contributed by atoms with Crippen LogP contribution in [0.4, 0.5) is 0 Å². The van der Waals surface area contributed by atoms with Gasteiger partial charge in [0.15, 0.2) is 0 Å². The lowest BCUT2D eigenvalue weighted by Gasteiger charge is -2.21. The molecule has 1 heterocycles. The Morgan fingerprint density at radius 1 is 1.38 bits per heavy atom. The minimum atomic E-state index is -0.0118. The normalized spacial score (nSPS) is 26.1. The number of nitrogens with zero attached hydrogens (tertiary/aromatic N) is 1. The maximum absolute atomic E-state index is 6.19. The quantitative estimate of drug-likeness (QED) is 0.783. The Balaban J connectivity index is 2.19. The molecule has 16 heavy (non-hydrogen) atoms. The van der Waals surface area contributed by atoms with Crippen LogP contribution < -0.4 is 5.73 Å². The van der Waals surface area contributed by atoms with Gasteiger partial charge in [0, 0.05) is 11.7 Å². The Morgan fingerprint density at radius 3 is 2.94 bits per heavy atom. The molecular weight excluding hydrogens is 196 g/mol. The summed E-state index contributed by atoms with van der Waals surface area (Å²) in [6.45, 7) is 4.25. The minimum absolute atomic E-state index is 0.0118. The summed E-state index contributed by atoms with van der Waals surface area (Å²) >= 11 is 0. The number of aromatic nitrogens is 1. The van der Waals surface area contributed by atoms with Crippen LogP contribution in [-0.2, 0) is 0 Å². The molecule has 0 spiro atoms. The third-order valence-electron chi connectivity index (χ3n) is 3.32. The van der Waals surface area contributed by atoms with E-state index >= 15 is 0 Å². The van der Waals surface area contributed by atoms with E-state index in [0.717, 1.165) is 31.4 Å². The summed E-state index contributed by atoms with van der Waals surface area (Å²) in [7, 11) is 0. The van der Waals surface area contributed by atoms with Gasteiger partial charge in [-0.2, -0.15) is 0 Å². The molecule has 1 atom stereocenters. The summed E-state index contributed by atoms with van der Waals surface area (Å²) in [5.74, 6) is 0. The summed E-state index contributed by atoms with van der Waals surface area (Å²) in [5.41, 5.74) is 9.93. The number of allylic oxidation sites excluding steroid dienone is 2. The van der Waals surface area contributed by atoms with E-state index in [1.165, 1.54) is 11.1 Å². The van der Waals surface area contributed by atoms with Gasteiger partial charge in [-0.25, -0.2) is 0 Å². The molecule has 2 nitrogen and oxygen atoms in total. The van der Waals surface area contributed by atoms with Crippen LogP contribution in [0.1, 0.15) is 43.9 Å². The Morgan fingerprint density at radius 2 is 2.19 bits per heavy atom. The van der Waals surface area contributed by atoms with E-state index < -0.39 is 0 Å². The molecule has 0 aromatic carbocycles. The molecule has 2 N–H and O–H groups in total. The second kappa shape index (κ2) is 4.38. The van der Waals surface area contributed by atoms with Crippen LogP contribution in [0.2, 0.25) is 0 Å². The molecule has 2 heteroatoms. The number of hydrogen-bond donors (Lipinski definition) is 1. The van der Waals surface area contributed by atoms with Crippen molar-refractivity contribution >= 4 is 5.57 Å². The Hall–Kier alpha value is -1.15. The summed E-state index contributed by atoms with van der Waals surface area (Å²) in [4.78, 5) is 4.44. The summed E-state index contributed by atoms with van der Waals surface area (Å²) < 4.78 is 0. The van der Waals surface area contributed by atoms with Crippen LogP contribution in [-0.4, -0.2) is 10.5 Å². The molecule has 1 aromatic heterocycles. The van der Waals surface area contributed by atoms with Gasteiger partial charge >= 0.3 is 0 Å². The maximum atomic E-state index is 6.19. The first-order valence-electron chi connectivity index (χ1n) is 5.98. The van der Waals surface area contributed by atoms with E-state index in [4.69, 9.17) is 5.73 Å². The van der Waals surface area contributed by atoms with E-state index in [1.54, 1.807) is 0 Å². The van der Waals surface area contributed by atoms with Crippen molar-refractivity contribution in [3.8, 4) is 0 Å². The van der Waals surface area contributed by atoms with Gasteiger partial charge in [0.1, 0.15) is 0 Å². The van der Waals surface area contributed by atoms with Gasteiger partial charge in [-0.05, 0) is 62.8 Å². The fourth-order valence-electron chi connectivity index (χ4n) is 2.17. The van der Waals surface area contributed by atoms with Gasteiger partial charge in [-0.1, -0.05) is 6.08 Å². The maximum Gasteiger partial charge on any atom is 0.0661 e. The third-order valence-corrected chi connectivity index (χ3v) is 3.32. The number of rotatable bonds is 1. The number of nitrogens with two attached hydrogens (primary N) is 1. The average molecular weight is 216 g/mol. The third kappa shape index (κ3) is 2.70. The highest BCUT2D eigenvalue weighted by Crippen LogP contribution is 2.29. The molecule has 1 aliphatic carbocycles. The van der Waals surface area contributed by atoms with E-state index in [-0.39, 0.29) is 5.54 Å². The fourth-order valence-corrected chi connectivity index (χ4v) is 2.17. The molecule has 0 amide bonds. The number of hydrogen-bond acceptors (Lipinski definition) is 2. The molecule has 0 radical (unpaired) electrons. The monoisotopic (exact) mass is 216 g/mol. The van der Waals surface area contributed by atoms with Crippen molar-refractivity contribution in [2.45, 2.75) is 45.1 Å². The van der Waals surface area contributed by atoms with Crippen LogP contribution in [0, 0.1) is 6.92 Å². The van der Waals surface area contributed by atoms with Crippen molar-refractivity contribution in [3.05, 3.63) is 35.7 Å². The SMILES string of the molecule is Cc1ccnc(C2=CCCC(C)(N)CC2)c1. The molecule has 1 aromatic rings. The molecule has 1 unspecified atom stereocenters. The van der Waals surface area contributed by atoms with E-state index in [1.807, 2.05) is 12.3 Å². The van der Waals surface area contributed by atoms with Crippen LogP contribution in [0.15, 0.2) is 24.4 Å². The zero-order valence-corrected chi connectivity index (χ0v) is 10.2. The van der Waals surface area contributed by atoms with E-state index in [0.29, 0.717) is 0 Å². The highest BCUT2D eigenvalue weighted by Gasteiger charge is 2.21. The van der Waals surface area contributed by atoms with Gasteiger partial charge in [-0.3, -0.25) is 4.98 Å². The molecule has 86 valence electrons. The molecule has 0 fully saturated rings. The van der Waals surface area contributed by atoms with Gasteiger partial charge in [0.25, 0.3) is 0 Å². The molecule has 0 aliphatic heterocycles. The smallest absolute Gasteiger partial charge is 0.0661 e. The fraction of sp³-hybridized carbons (Fsp3) is 0.500. The van der Waals surface area contributed by atoms with Crippen molar-refractivity contribution in [3.63, 3.8) is 0 Å². The second-order valence-corrected chi connectivity index (χ2v) is 5.14. The standard InChI is InChI=1S/C14H20N2/c1-11-6-9-16-13(10-11)12-4-3-7-14(2,15)8-5-12/h4,6,9-10H,3,5,7-8,15H2,1-2H3. The highest BCUT2D eigenvalue weighted by atomic mass is 14.7. The first-order valence-corrected chi connectivity index (χ1v) is 5.98. The second-order valence-electron chi connectivity index (χ2n) is 5.14. The van der Waals surface area contributed by atoms with Gasteiger partial charge in [0.2, 0.25) is 0 Å². The number of pyridine rings is 1. The van der Waals surface area contributed by atoms with Crippen molar-refractivity contribution in [1.82, 2.24) is 4.98 Å².